The third-order valence-corrected chi connectivity index (χ3v) is 17.5. The monoisotopic (exact) mass is 561 g/mol. The van der Waals surface area contributed by atoms with Gasteiger partial charge in [-0.15, -0.1) is 99.7 Å². The highest BCUT2D eigenvalue weighted by molar-refractivity contribution is 7.68. The van der Waals surface area contributed by atoms with Crippen molar-refractivity contribution < 1.29 is 0 Å². The molecule has 0 amide bonds. The summed E-state index contributed by atoms with van der Waals surface area (Å²) in [5.74, 6) is 0. The Balaban J connectivity index is 3.07. The average Bonchev–Trinajstić information content (AvgIpc) is 2.41. The van der Waals surface area contributed by atoms with Crippen molar-refractivity contribution in [3.63, 3.8) is 0 Å². The summed E-state index contributed by atoms with van der Waals surface area (Å²) in [6, 6.07) is -8.94. The lowest BCUT2D eigenvalue weighted by molar-refractivity contribution is 1.01. The molecule has 0 saturated carbocycles. The largest absolute Gasteiger partial charge is 0.371 e. The van der Waals surface area contributed by atoms with Crippen LogP contribution < -0.4 is 15.4 Å². The molecule has 1 rings (SSSR count). The van der Waals surface area contributed by atoms with Crippen LogP contribution >= 0.6 is 99.7 Å². The average molecular weight is 565 g/mol. The zero-order valence-corrected chi connectivity index (χ0v) is 22.7. The lowest BCUT2D eigenvalue weighted by Gasteiger charge is -2.42. The lowest BCUT2D eigenvalue weighted by atomic mass is 9.46. The third-order valence-electron chi connectivity index (χ3n) is 4.13. The van der Waals surface area contributed by atoms with Gasteiger partial charge in [0.05, 0.1) is 0 Å². The fourth-order valence-corrected chi connectivity index (χ4v) is 7.27. The van der Waals surface area contributed by atoms with Gasteiger partial charge in [-0.2, -0.15) is 0 Å². The van der Waals surface area contributed by atoms with E-state index in [1.807, 2.05) is 20.8 Å². The Morgan fingerprint density at radius 3 is 0.792 bits per heavy atom. The van der Waals surface area contributed by atoms with Crippen molar-refractivity contribution in [2.75, 3.05) is 0 Å². The first-order valence-electron chi connectivity index (χ1n) is 7.03. The maximum atomic E-state index is 6.18. The van der Waals surface area contributed by atoms with Crippen molar-refractivity contribution in [3.8, 4) is 0 Å². The Bertz CT molecular complexity index is 368. The summed E-state index contributed by atoms with van der Waals surface area (Å²) in [5, 5.41) is 9.99. The van der Waals surface area contributed by atoms with Crippen LogP contribution in [0.4, 0.5) is 0 Å². The Hall–Kier alpha value is 3.34. The zero-order chi connectivity index (χ0) is 19.1. The molecule has 0 aromatic carbocycles. The highest BCUT2D eigenvalue weighted by Crippen LogP contribution is 2.39. The summed E-state index contributed by atoms with van der Waals surface area (Å²) in [6.07, 6.45) is 0. The molecule has 3 nitrogen and oxygen atoms in total. The molecule has 24 heavy (non-hydrogen) atoms. The molecule has 0 radical (unpaired) electrons. The highest BCUT2D eigenvalue weighted by Gasteiger charge is 2.54. The van der Waals surface area contributed by atoms with Crippen molar-refractivity contribution in [2.24, 2.45) is 0 Å². The fourth-order valence-electron chi connectivity index (χ4n) is 2.16. The Morgan fingerprint density at radius 1 is 0.500 bits per heavy atom. The molecule has 3 N–H and O–H groups in total. The molecule has 138 valence electrons. The van der Waals surface area contributed by atoms with Gasteiger partial charge in [-0.25, -0.2) is 0 Å². The second-order valence-corrected chi connectivity index (χ2v) is 33.2. The molecule has 0 bridgehead atoms. The van der Waals surface area contributed by atoms with E-state index in [9.17, 15) is 0 Å². The van der Waals surface area contributed by atoms with E-state index < -0.39 is 18.0 Å². The standard InChI is InChI=1S/C6H15B3Cl9N3Si3/c1-4(22(10,11)12)7-19-8(5(2)23(13,14)15)21-9(20-7)6(3)24(16,17)18/h4-6,19-21H,1-3H3. The first-order valence-corrected chi connectivity index (χ1v) is 22.4. The van der Waals surface area contributed by atoms with Crippen molar-refractivity contribution in [1.82, 2.24) is 15.4 Å². The predicted octanol–water partition coefficient (Wildman–Crippen LogP) is 4.99. The lowest BCUT2D eigenvalue weighted by Crippen LogP contribution is -2.79. The minimum Gasteiger partial charge on any atom is -0.371 e. The molecule has 0 aliphatic carbocycles. The molecule has 1 aliphatic heterocycles. The molecule has 0 spiro atoms. The van der Waals surface area contributed by atoms with Gasteiger partial charge in [-0.05, 0) is 16.3 Å². The van der Waals surface area contributed by atoms with Gasteiger partial charge in [-0.1, -0.05) is 20.8 Å². The van der Waals surface area contributed by atoms with E-state index in [0.29, 0.717) is 0 Å². The number of halogens is 9. The number of nitrogens with one attached hydrogen (secondary N) is 3. The molecule has 18 heteroatoms. The summed E-state index contributed by atoms with van der Waals surface area (Å²) in [7, 11) is 0. The second kappa shape index (κ2) is 9.43. The molecule has 3 unspecified atom stereocenters. The van der Waals surface area contributed by atoms with Crippen LogP contribution in [0, 0.1) is 0 Å². The van der Waals surface area contributed by atoms with Gasteiger partial charge in [0, 0.05) is 0 Å². The van der Waals surface area contributed by atoms with Crippen molar-refractivity contribution in [1.29, 1.82) is 0 Å². The van der Waals surface area contributed by atoms with Crippen LogP contribution in [-0.4, -0.2) is 39.0 Å². The quantitative estimate of drug-likeness (QED) is 0.314. The minimum absolute atomic E-state index is 0.247. The summed E-state index contributed by atoms with van der Waals surface area (Å²) >= 11 is 55.6. The number of rotatable bonds is 6. The SMILES string of the molecule is CC(B1NB(C(C)[Si](Cl)(Cl)Cl)NB(C(C)[Si](Cl)(Cl)Cl)N1)[Si](Cl)(Cl)Cl. The van der Waals surface area contributed by atoms with Crippen molar-refractivity contribution in [2.45, 2.75) is 37.1 Å². The third kappa shape index (κ3) is 7.30. The van der Waals surface area contributed by atoms with Crippen LogP contribution in [0.25, 0.3) is 0 Å². The highest BCUT2D eigenvalue weighted by atomic mass is 35.9. The minimum atomic E-state index is -2.98. The molecule has 3 atom stereocenters. The smallest absolute Gasteiger partial charge is 0.340 e. The number of hydrogen-bond donors (Lipinski definition) is 3. The van der Waals surface area contributed by atoms with Gasteiger partial charge in [0.25, 0.3) is 20.9 Å². The van der Waals surface area contributed by atoms with Gasteiger partial charge in [-0.3, -0.25) is 0 Å². The Morgan fingerprint density at radius 2 is 0.667 bits per heavy atom. The van der Waals surface area contributed by atoms with Crippen LogP contribution in [0.1, 0.15) is 20.8 Å². The van der Waals surface area contributed by atoms with E-state index in [0.717, 1.165) is 0 Å². The van der Waals surface area contributed by atoms with E-state index >= 15 is 0 Å². The van der Waals surface area contributed by atoms with Crippen LogP contribution in [0.2, 0.25) is 16.3 Å². The molecule has 1 aliphatic rings. The molecular weight excluding hydrogens is 550 g/mol. The molecule has 0 aromatic heterocycles. The molecule has 1 saturated heterocycles. The van der Waals surface area contributed by atoms with Crippen molar-refractivity contribution >= 4 is 139 Å². The summed E-state index contributed by atoms with van der Waals surface area (Å²) in [4.78, 5) is 0. The second-order valence-electron chi connectivity index (χ2n) is 5.92. The van der Waals surface area contributed by atoms with Crippen LogP contribution in [0.15, 0.2) is 0 Å². The van der Waals surface area contributed by atoms with Crippen LogP contribution in [0.3, 0.4) is 0 Å². The van der Waals surface area contributed by atoms with E-state index in [2.05, 4.69) is 15.4 Å². The topological polar surface area (TPSA) is 36.1 Å². The fraction of sp³-hybridized carbons (Fsp3) is 1.00. The first kappa shape index (κ1) is 25.4. The molecule has 1 fully saturated rings. The summed E-state index contributed by atoms with van der Waals surface area (Å²) < 4.78 is 0. The predicted molar refractivity (Wildman–Crippen MR) is 125 cm³/mol. The first-order chi connectivity index (χ1) is 10.5. The Labute approximate surface area is 189 Å². The molecular formula is C6H15B3Cl9N3Si3. The van der Waals surface area contributed by atoms with Gasteiger partial charge in [0.1, 0.15) is 0 Å². The molecule has 0 aromatic rings. The van der Waals surface area contributed by atoms with Gasteiger partial charge in [0.2, 0.25) is 0 Å². The van der Waals surface area contributed by atoms with E-state index in [1.54, 1.807) is 0 Å². The maximum Gasteiger partial charge on any atom is 0.340 e. The van der Waals surface area contributed by atoms with Crippen LogP contribution in [-0.2, 0) is 0 Å². The summed E-state index contributed by atoms with van der Waals surface area (Å²) in [6.45, 7) is 4.64. The van der Waals surface area contributed by atoms with E-state index in [1.165, 1.54) is 0 Å². The Kier molecular flexibility index (Phi) is 9.97. The maximum absolute atomic E-state index is 6.18. The van der Waals surface area contributed by atoms with Gasteiger partial charge < -0.3 is 15.4 Å². The van der Waals surface area contributed by atoms with Crippen LogP contribution in [0.5, 0.6) is 0 Å². The number of hydrogen-bond acceptors (Lipinski definition) is 3. The van der Waals surface area contributed by atoms with E-state index in [-0.39, 0.29) is 37.3 Å². The van der Waals surface area contributed by atoms with Crippen molar-refractivity contribution in [3.05, 3.63) is 0 Å². The molecule has 1 heterocycles. The zero-order valence-electron chi connectivity index (χ0n) is 12.9. The summed E-state index contributed by atoms with van der Waals surface area (Å²) in [5.41, 5.74) is -0.741. The van der Waals surface area contributed by atoms with E-state index in [4.69, 9.17) is 99.7 Å². The van der Waals surface area contributed by atoms with Gasteiger partial charge in [0.15, 0.2) is 0 Å². The van der Waals surface area contributed by atoms with Gasteiger partial charge >= 0.3 is 18.0 Å². The normalized spacial score (nSPS) is 21.8.